The second-order valence-corrected chi connectivity index (χ2v) is 7.53. The van der Waals surface area contributed by atoms with E-state index in [4.69, 9.17) is 0 Å². The Balaban J connectivity index is 0.00000420. The number of nitrogens with one attached hydrogen (secondary N) is 1. The maximum absolute atomic E-state index is 12.9. The summed E-state index contributed by atoms with van der Waals surface area (Å²) in [6.45, 7) is 2.84. The van der Waals surface area contributed by atoms with Crippen LogP contribution >= 0.6 is 12.4 Å². The van der Waals surface area contributed by atoms with Crippen molar-refractivity contribution in [1.29, 1.82) is 0 Å². The molecule has 160 valence electrons. The molecule has 2 aromatic carbocycles. The van der Waals surface area contributed by atoms with E-state index in [0.29, 0.717) is 18.5 Å². The van der Waals surface area contributed by atoms with Crippen molar-refractivity contribution in [2.45, 2.75) is 71.1 Å². The summed E-state index contributed by atoms with van der Waals surface area (Å²) in [6.07, 6.45) is 12.3. The number of hydrogen-bond donors (Lipinski definition) is 1. The monoisotopic (exact) mass is 419 g/mol. The molecule has 0 unspecified atom stereocenters. The minimum atomic E-state index is -0.318. The van der Waals surface area contributed by atoms with Crippen LogP contribution in [0.1, 0.15) is 80.6 Å². The largest absolute Gasteiger partial charge is 0.385 e. The number of carbonyl (C=O) groups excluding carboxylic acids is 1. The van der Waals surface area contributed by atoms with Crippen molar-refractivity contribution in [2.24, 2.45) is 0 Å². The van der Waals surface area contributed by atoms with Crippen LogP contribution in [-0.4, -0.2) is 12.3 Å². The third-order valence-electron chi connectivity index (χ3n) is 5.12. The van der Waals surface area contributed by atoms with Crippen molar-refractivity contribution in [3.05, 3.63) is 65.5 Å². The zero-order chi connectivity index (χ0) is 20.0. The van der Waals surface area contributed by atoms with Crippen molar-refractivity contribution in [2.75, 3.05) is 11.9 Å². The molecule has 0 spiro atoms. The number of ketones is 1. The Kier molecular flexibility index (Phi) is 13.0. The van der Waals surface area contributed by atoms with Gasteiger partial charge in [0.25, 0.3) is 0 Å². The second-order valence-electron chi connectivity index (χ2n) is 7.53. The summed E-state index contributed by atoms with van der Waals surface area (Å²) in [5.41, 5.74) is 2.97. The molecule has 0 amide bonds. The molecule has 2 rings (SSSR count). The fourth-order valence-electron chi connectivity index (χ4n) is 3.35. The van der Waals surface area contributed by atoms with E-state index in [1.165, 1.54) is 81.2 Å². The van der Waals surface area contributed by atoms with E-state index in [-0.39, 0.29) is 24.0 Å². The van der Waals surface area contributed by atoms with Gasteiger partial charge < -0.3 is 5.32 Å². The number of unbranched alkanes of at least 4 members (excludes halogenated alkanes) is 7. The molecule has 4 heteroatoms. The molecule has 0 heterocycles. The zero-order valence-electron chi connectivity index (χ0n) is 17.6. The molecule has 29 heavy (non-hydrogen) atoms. The molecule has 0 aromatic heterocycles. The van der Waals surface area contributed by atoms with Crippen LogP contribution in [0.2, 0.25) is 0 Å². The van der Waals surface area contributed by atoms with Crippen molar-refractivity contribution in [3.8, 4) is 0 Å². The van der Waals surface area contributed by atoms with Gasteiger partial charge in [0, 0.05) is 24.2 Å². The number of aryl methyl sites for hydroxylation is 1. The normalized spacial score (nSPS) is 10.4. The highest BCUT2D eigenvalue weighted by atomic mass is 35.5. The Hall–Kier alpha value is -1.87. The average molecular weight is 420 g/mol. The number of anilines is 1. The van der Waals surface area contributed by atoms with Gasteiger partial charge in [0.1, 0.15) is 5.82 Å². The van der Waals surface area contributed by atoms with Crippen LogP contribution in [0.15, 0.2) is 48.5 Å². The molecular weight excluding hydrogens is 385 g/mol. The third-order valence-corrected chi connectivity index (χ3v) is 5.12. The Labute approximate surface area is 181 Å². The van der Waals surface area contributed by atoms with Gasteiger partial charge in [0.2, 0.25) is 0 Å². The molecule has 0 fully saturated rings. The van der Waals surface area contributed by atoms with Gasteiger partial charge in [0.05, 0.1) is 0 Å². The third kappa shape index (κ3) is 10.5. The highest BCUT2D eigenvalue weighted by Crippen LogP contribution is 2.14. The summed E-state index contributed by atoms with van der Waals surface area (Å²) in [6, 6.07) is 14.2. The molecule has 2 aromatic rings. The number of carbonyl (C=O) groups is 1. The van der Waals surface area contributed by atoms with Crippen LogP contribution in [0.4, 0.5) is 10.1 Å². The Morgan fingerprint density at radius 1 is 0.828 bits per heavy atom. The Morgan fingerprint density at radius 3 is 2.03 bits per heavy atom. The summed E-state index contributed by atoms with van der Waals surface area (Å²) < 4.78 is 12.9. The van der Waals surface area contributed by atoms with Crippen LogP contribution in [0.5, 0.6) is 0 Å². The highest BCUT2D eigenvalue weighted by Gasteiger charge is 2.05. The summed E-state index contributed by atoms with van der Waals surface area (Å²) in [4.78, 5) is 12.1. The first-order valence-corrected chi connectivity index (χ1v) is 10.8. The predicted octanol–water partition coefficient (Wildman–Crippen LogP) is 7.62. The van der Waals surface area contributed by atoms with Gasteiger partial charge in [-0.2, -0.15) is 0 Å². The maximum Gasteiger partial charge on any atom is 0.164 e. The minimum Gasteiger partial charge on any atom is -0.385 e. The Bertz CT molecular complexity index is 685. The number of hydrogen-bond acceptors (Lipinski definition) is 2. The first-order chi connectivity index (χ1) is 13.7. The summed E-state index contributed by atoms with van der Waals surface area (Å²) in [7, 11) is 0. The molecule has 0 atom stereocenters. The molecular formula is C25H35ClFNO. The smallest absolute Gasteiger partial charge is 0.164 e. The summed E-state index contributed by atoms with van der Waals surface area (Å²) >= 11 is 0. The van der Waals surface area contributed by atoms with E-state index in [0.717, 1.165) is 12.1 Å². The Morgan fingerprint density at radius 2 is 1.41 bits per heavy atom. The standard InChI is InChI=1S/C25H34FNO.ClH/c1-2-3-4-5-6-7-8-9-10-21-11-17-24(18-12-21)27-20-19-25(28)22-13-15-23(26)16-14-22;/h11-18,27H,2-10,19-20H2,1H3;1H. The first-order valence-electron chi connectivity index (χ1n) is 10.8. The molecule has 0 aliphatic carbocycles. The van der Waals surface area contributed by atoms with Crippen molar-refractivity contribution in [3.63, 3.8) is 0 Å². The van der Waals surface area contributed by atoms with Crippen LogP contribution in [0, 0.1) is 5.82 Å². The van der Waals surface area contributed by atoms with Gasteiger partial charge in [-0.15, -0.1) is 12.4 Å². The molecule has 0 saturated carbocycles. The fourth-order valence-corrected chi connectivity index (χ4v) is 3.35. The van der Waals surface area contributed by atoms with Crippen LogP contribution < -0.4 is 5.32 Å². The molecule has 0 aliphatic heterocycles. The lowest BCUT2D eigenvalue weighted by Gasteiger charge is -2.08. The molecule has 0 radical (unpaired) electrons. The van der Waals surface area contributed by atoms with Gasteiger partial charge in [-0.25, -0.2) is 4.39 Å². The van der Waals surface area contributed by atoms with Gasteiger partial charge in [-0.05, 0) is 54.8 Å². The molecule has 0 bridgehead atoms. The summed E-state index contributed by atoms with van der Waals surface area (Å²) in [5, 5.41) is 3.29. The second kappa shape index (κ2) is 15.0. The number of rotatable bonds is 14. The van der Waals surface area contributed by atoms with E-state index in [1.807, 2.05) is 0 Å². The molecule has 1 N–H and O–H groups in total. The van der Waals surface area contributed by atoms with Crippen molar-refractivity contribution < 1.29 is 9.18 Å². The van der Waals surface area contributed by atoms with E-state index in [1.54, 1.807) is 0 Å². The van der Waals surface area contributed by atoms with E-state index in [9.17, 15) is 9.18 Å². The molecule has 2 nitrogen and oxygen atoms in total. The van der Waals surface area contributed by atoms with Crippen LogP contribution in [0.3, 0.4) is 0 Å². The van der Waals surface area contributed by atoms with Gasteiger partial charge in [-0.3, -0.25) is 4.79 Å². The number of Topliss-reactive ketones (excluding diaryl/α,β-unsaturated/α-hetero) is 1. The summed E-state index contributed by atoms with van der Waals surface area (Å²) in [5.74, 6) is -0.291. The predicted molar refractivity (Wildman–Crippen MR) is 124 cm³/mol. The van der Waals surface area contributed by atoms with Crippen LogP contribution in [-0.2, 0) is 6.42 Å². The van der Waals surface area contributed by atoms with Gasteiger partial charge in [-0.1, -0.05) is 64.0 Å². The van der Waals surface area contributed by atoms with Crippen molar-refractivity contribution in [1.82, 2.24) is 0 Å². The number of benzene rings is 2. The topological polar surface area (TPSA) is 29.1 Å². The first kappa shape index (κ1) is 25.2. The van der Waals surface area contributed by atoms with E-state index in [2.05, 4.69) is 36.5 Å². The lowest BCUT2D eigenvalue weighted by Crippen LogP contribution is -2.09. The maximum atomic E-state index is 12.9. The minimum absolute atomic E-state index is 0. The van der Waals surface area contributed by atoms with Crippen molar-refractivity contribution >= 4 is 23.9 Å². The lowest BCUT2D eigenvalue weighted by atomic mass is 10.0. The fraction of sp³-hybridized carbons (Fsp3) is 0.480. The quantitative estimate of drug-likeness (QED) is 0.252. The van der Waals surface area contributed by atoms with E-state index < -0.39 is 0 Å². The van der Waals surface area contributed by atoms with Gasteiger partial charge >= 0.3 is 0 Å². The molecule has 0 aliphatic rings. The number of halogens is 2. The highest BCUT2D eigenvalue weighted by molar-refractivity contribution is 5.96. The van der Waals surface area contributed by atoms with E-state index >= 15 is 0 Å². The van der Waals surface area contributed by atoms with Gasteiger partial charge in [0.15, 0.2) is 5.78 Å². The lowest BCUT2D eigenvalue weighted by molar-refractivity contribution is 0.0986. The SMILES string of the molecule is CCCCCCCCCCc1ccc(NCCC(=O)c2ccc(F)cc2)cc1.Cl. The molecule has 0 saturated heterocycles. The zero-order valence-corrected chi connectivity index (χ0v) is 18.4. The van der Waals surface area contributed by atoms with Crippen LogP contribution in [0.25, 0.3) is 0 Å². The average Bonchev–Trinajstić information content (AvgIpc) is 2.71.